The van der Waals surface area contributed by atoms with E-state index in [2.05, 4.69) is 23.6 Å². The normalized spacial score (nSPS) is 17.2. The zero-order chi connectivity index (χ0) is 16.8. The van der Waals surface area contributed by atoms with Crippen LogP contribution in [-0.2, 0) is 4.79 Å². The third kappa shape index (κ3) is 4.71. The average molecular weight is 317 g/mol. The minimum absolute atomic E-state index is 0.0356. The van der Waals surface area contributed by atoms with Crippen LogP contribution in [0.25, 0.3) is 0 Å². The lowest BCUT2D eigenvalue weighted by Crippen LogP contribution is -2.47. The van der Waals surface area contributed by atoms with E-state index in [0.717, 1.165) is 42.5 Å². The van der Waals surface area contributed by atoms with E-state index < -0.39 is 0 Å². The summed E-state index contributed by atoms with van der Waals surface area (Å²) in [5.74, 6) is -0.0356. The molecule has 5 nitrogen and oxygen atoms in total. The molecule has 0 spiro atoms. The van der Waals surface area contributed by atoms with Gasteiger partial charge in [-0.25, -0.2) is 4.79 Å². The molecule has 0 aromatic heterocycles. The molecule has 1 aliphatic heterocycles. The number of nitrogens with zero attached hydrogens (tertiary/aromatic N) is 1. The first kappa shape index (κ1) is 17.3. The number of nitrogens with one attached hydrogen (secondary N) is 2. The van der Waals surface area contributed by atoms with E-state index in [9.17, 15) is 9.59 Å². The molecule has 1 saturated heterocycles. The van der Waals surface area contributed by atoms with Gasteiger partial charge < -0.3 is 15.5 Å². The van der Waals surface area contributed by atoms with Crippen molar-refractivity contribution in [1.82, 2.24) is 10.2 Å². The molecule has 5 heteroatoms. The van der Waals surface area contributed by atoms with Gasteiger partial charge in [-0.3, -0.25) is 4.79 Å². The van der Waals surface area contributed by atoms with Gasteiger partial charge in [-0.15, -0.1) is 0 Å². The second-order valence-electron chi connectivity index (χ2n) is 6.30. The molecule has 1 heterocycles. The molecule has 0 radical (unpaired) electrons. The van der Waals surface area contributed by atoms with E-state index in [-0.39, 0.29) is 18.0 Å². The number of aryl methyl sites for hydroxylation is 2. The fraction of sp³-hybridized carbons (Fsp3) is 0.556. The van der Waals surface area contributed by atoms with Crippen molar-refractivity contribution in [2.24, 2.45) is 0 Å². The Morgan fingerprint density at radius 3 is 2.57 bits per heavy atom. The minimum atomic E-state index is -0.349. The monoisotopic (exact) mass is 317 g/mol. The van der Waals surface area contributed by atoms with Gasteiger partial charge >= 0.3 is 6.03 Å². The first-order valence-corrected chi connectivity index (χ1v) is 8.45. The van der Waals surface area contributed by atoms with Gasteiger partial charge in [0.25, 0.3) is 0 Å². The summed E-state index contributed by atoms with van der Waals surface area (Å²) < 4.78 is 0. The summed E-state index contributed by atoms with van der Waals surface area (Å²) in [6.45, 7) is 7.40. The van der Waals surface area contributed by atoms with Crippen LogP contribution >= 0.6 is 0 Å². The number of likely N-dealkylation sites (tertiary alicyclic amines) is 1. The Balaban J connectivity index is 1.98. The van der Waals surface area contributed by atoms with Gasteiger partial charge in [0.15, 0.2) is 0 Å². The number of amides is 3. The molecular formula is C18H27N3O2. The van der Waals surface area contributed by atoms with Crippen molar-refractivity contribution in [3.63, 3.8) is 0 Å². The Morgan fingerprint density at radius 2 is 1.91 bits per heavy atom. The molecular weight excluding hydrogens is 290 g/mol. The Hall–Kier alpha value is -2.04. The number of unbranched alkanes of at least 4 members (excludes halogenated alkanes) is 1. The largest absolute Gasteiger partial charge is 0.354 e. The van der Waals surface area contributed by atoms with Crippen LogP contribution in [0.3, 0.4) is 0 Å². The number of hydrogen-bond donors (Lipinski definition) is 2. The van der Waals surface area contributed by atoms with Gasteiger partial charge in [0.1, 0.15) is 6.04 Å². The van der Waals surface area contributed by atoms with Crippen molar-refractivity contribution >= 4 is 17.6 Å². The van der Waals surface area contributed by atoms with E-state index in [4.69, 9.17) is 0 Å². The fourth-order valence-corrected chi connectivity index (χ4v) is 3.03. The third-order valence-electron chi connectivity index (χ3n) is 4.12. The van der Waals surface area contributed by atoms with Crippen molar-refractivity contribution < 1.29 is 9.59 Å². The molecule has 1 aromatic rings. The van der Waals surface area contributed by atoms with Gasteiger partial charge in [-0.05, 0) is 56.4 Å². The molecule has 126 valence electrons. The topological polar surface area (TPSA) is 61.4 Å². The van der Waals surface area contributed by atoms with Gasteiger partial charge in [-0.2, -0.15) is 0 Å². The van der Waals surface area contributed by atoms with Crippen LogP contribution in [0, 0.1) is 13.8 Å². The maximum atomic E-state index is 12.5. The highest BCUT2D eigenvalue weighted by molar-refractivity contribution is 5.94. The van der Waals surface area contributed by atoms with Crippen LogP contribution < -0.4 is 10.6 Å². The zero-order valence-electron chi connectivity index (χ0n) is 14.3. The molecule has 1 fully saturated rings. The highest BCUT2D eigenvalue weighted by Crippen LogP contribution is 2.20. The summed E-state index contributed by atoms with van der Waals surface area (Å²) in [5, 5.41) is 5.86. The second kappa shape index (κ2) is 7.99. The molecule has 1 unspecified atom stereocenters. The number of urea groups is 1. The summed E-state index contributed by atoms with van der Waals surface area (Å²) in [7, 11) is 0. The van der Waals surface area contributed by atoms with Crippen LogP contribution in [0.2, 0.25) is 0 Å². The van der Waals surface area contributed by atoms with Crippen molar-refractivity contribution in [2.75, 3.05) is 18.4 Å². The molecule has 2 rings (SSSR count). The predicted octanol–water partition coefficient (Wildman–Crippen LogP) is 3.22. The minimum Gasteiger partial charge on any atom is -0.354 e. The van der Waals surface area contributed by atoms with Crippen molar-refractivity contribution in [3.05, 3.63) is 29.3 Å². The zero-order valence-corrected chi connectivity index (χ0v) is 14.3. The Bertz CT molecular complexity index is 551. The number of rotatable bonds is 5. The van der Waals surface area contributed by atoms with E-state index >= 15 is 0 Å². The number of anilines is 1. The molecule has 0 aliphatic carbocycles. The number of benzene rings is 1. The Kier molecular flexibility index (Phi) is 6.02. The molecule has 1 atom stereocenters. The summed E-state index contributed by atoms with van der Waals surface area (Å²) >= 11 is 0. The molecule has 0 saturated carbocycles. The van der Waals surface area contributed by atoms with Crippen LogP contribution in [0.5, 0.6) is 0 Å². The SMILES string of the molecule is CCCCNC(=O)C1CCCN1C(=O)Nc1cc(C)cc(C)c1. The van der Waals surface area contributed by atoms with Gasteiger partial charge in [0.05, 0.1) is 0 Å². The Labute approximate surface area is 138 Å². The third-order valence-corrected chi connectivity index (χ3v) is 4.12. The first-order valence-electron chi connectivity index (χ1n) is 8.45. The number of hydrogen-bond acceptors (Lipinski definition) is 2. The molecule has 0 bridgehead atoms. The molecule has 1 aromatic carbocycles. The van der Waals surface area contributed by atoms with E-state index in [1.807, 2.05) is 26.0 Å². The summed E-state index contributed by atoms with van der Waals surface area (Å²) in [4.78, 5) is 26.4. The smallest absolute Gasteiger partial charge is 0.322 e. The van der Waals surface area contributed by atoms with Crippen LogP contribution in [0.4, 0.5) is 10.5 Å². The van der Waals surface area contributed by atoms with Crippen LogP contribution in [0.15, 0.2) is 18.2 Å². The first-order chi connectivity index (χ1) is 11.0. The standard InChI is InChI=1S/C18H27N3O2/c1-4-5-8-19-17(22)16-7-6-9-21(16)18(23)20-15-11-13(2)10-14(3)12-15/h10-12,16H,4-9H2,1-3H3,(H,19,22)(H,20,23). The average Bonchev–Trinajstić information content (AvgIpc) is 2.95. The highest BCUT2D eigenvalue weighted by atomic mass is 16.2. The molecule has 2 N–H and O–H groups in total. The van der Waals surface area contributed by atoms with E-state index in [1.165, 1.54) is 0 Å². The second-order valence-corrected chi connectivity index (χ2v) is 6.30. The summed E-state index contributed by atoms with van der Waals surface area (Å²) in [6.07, 6.45) is 3.61. The fourth-order valence-electron chi connectivity index (χ4n) is 3.03. The molecule has 1 aliphatic rings. The van der Waals surface area contributed by atoms with Crippen molar-refractivity contribution in [1.29, 1.82) is 0 Å². The van der Waals surface area contributed by atoms with Crippen molar-refractivity contribution in [2.45, 2.75) is 52.5 Å². The van der Waals surface area contributed by atoms with Gasteiger partial charge in [0.2, 0.25) is 5.91 Å². The van der Waals surface area contributed by atoms with E-state index in [0.29, 0.717) is 13.1 Å². The van der Waals surface area contributed by atoms with Gasteiger partial charge in [0, 0.05) is 18.8 Å². The predicted molar refractivity (Wildman–Crippen MR) is 92.6 cm³/mol. The maximum Gasteiger partial charge on any atom is 0.322 e. The van der Waals surface area contributed by atoms with Gasteiger partial charge in [-0.1, -0.05) is 19.4 Å². The molecule has 23 heavy (non-hydrogen) atoms. The maximum absolute atomic E-state index is 12.5. The van der Waals surface area contributed by atoms with Crippen molar-refractivity contribution in [3.8, 4) is 0 Å². The van der Waals surface area contributed by atoms with Crippen LogP contribution in [-0.4, -0.2) is 36.0 Å². The summed E-state index contributed by atoms with van der Waals surface area (Å²) in [5.41, 5.74) is 3.00. The number of carbonyl (C=O) groups excluding carboxylic acids is 2. The quantitative estimate of drug-likeness (QED) is 0.819. The van der Waals surface area contributed by atoms with E-state index in [1.54, 1.807) is 4.90 Å². The Morgan fingerprint density at radius 1 is 1.22 bits per heavy atom. The molecule has 3 amide bonds. The number of carbonyl (C=O) groups is 2. The summed E-state index contributed by atoms with van der Waals surface area (Å²) in [6, 6.07) is 5.41. The lowest BCUT2D eigenvalue weighted by molar-refractivity contribution is -0.124. The lowest BCUT2D eigenvalue weighted by Gasteiger charge is -2.24. The lowest BCUT2D eigenvalue weighted by atomic mass is 10.1. The van der Waals surface area contributed by atoms with Crippen LogP contribution in [0.1, 0.15) is 43.7 Å². The highest BCUT2D eigenvalue weighted by Gasteiger charge is 2.33.